The largest absolute Gasteiger partial charge is 0.447 e. The van der Waals surface area contributed by atoms with Crippen LogP contribution in [0.2, 0.25) is 0 Å². The Hall–Kier alpha value is -2.18. The first-order valence-corrected chi connectivity index (χ1v) is 10.5. The third-order valence-electron chi connectivity index (χ3n) is 5.39. The maximum absolute atomic E-state index is 12.9. The average molecular weight is 402 g/mol. The van der Waals surface area contributed by atoms with Crippen molar-refractivity contribution < 1.29 is 23.8 Å². The molecule has 6 heteroatoms. The van der Waals surface area contributed by atoms with Crippen LogP contribution in [0, 0.1) is 5.92 Å². The van der Waals surface area contributed by atoms with Crippen LogP contribution in [0.1, 0.15) is 45.1 Å². The lowest BCUT2D eigenvalue weighted by molar-refractivity contribution is -0.156. The lowest BCUT2D eigenvalue weighted by Gasteiger charge is -2.23. The van der Waals surface area contributed by atoms with Gasteiger partial charge in [0.2, 0.25) is 5.91 Å². The van der Waals surface area contributed by atoms with E-state index in [1.807, 2.05) is 50.3 Å². The van der Waals surface area contributed by atoms with Gasteiger partial charge in [-0.15, -0.1) is 0 Å². The molecule has 1 unspecified atom stereocenters. The monoisotopic (exact) mass is 401 g/mol. The second-order valence-corrected chi connectivity index (χ2v) is 7.92. The van der Waals surface area contributed by atoms with Crippen molar-refractivity contribution in [3.63, 3.8) is 0 Å². The van der Waals surface area contributed by atoms with Gasteiger partial charge in [0.1, 0.15) is 6.61 Å². The predicted octanol–water partition coefficient (Wildman–Crippen LogP) is 4.09. The number of imide groups is 1. The van der Waals surface area contributed by atoms with Crippen molar-refractivity contribution in [2.45, 2.75) is 58.3 Å². The van der Waals surface area contributed by atoms with Gasteiger partial charge in [-0.05, 0) is 44.6 Å². The zero-order valence-electron chi connectivity index (χ0n) is 17.3. The van der Waals surface area contributed by atoms with Crippen molar-refractivity contribution in [1.29, 1.82) is 0 Å². The van der Waals surface area contributed by atoms with Crippen LogP contribution in [0.25, 0.3) is 0 Å². The second-order valence-electron chi connectivity index (χ2n) is 7.92. The number of ether oxygens (including phenoxy) is 3. The quantitative estimate of drug-likeness (QED) is 0.614. The van der Waals surface area contributed by atoms with Crippen molar-refractivity contribution in [1.82, 2.24) is 4.90 Å². The molecule has 0 aliphatic carbocycles. The van der Waals surface area contributed by atoms with Crippen LogP contribution in [-0.2, 0) is 25.4 Å². The molecule has 6 nitrogen and oxygen atoms in total. The molecule has 29 heavy (non-hydrogen) atoms. The Kier molecular flexibility index (Phi) is 7.83. The van der Waals surface area contributed by atoms with E-state index in [0.29, 0.717) is 19.4 Å². The van der Waals surface area contributed by atoms with Crippen molar-refractivity contribution in [2.24, 2.45) is 5.92 Å². The van der Waals surface area contributed by atoms with E-state index in [2.05, 4.69) is 0 Å². The van der Waals surface area contributed by atoms with Gasteiger partial charge in [0.25, 0.3) is 0 Å². The highest BCUT2D eigenvalue weighted by Gasteiger charge is 2.39. The number of nitrogens with zero attached hydrogens (tertiary/aromatic N) is 1. The molecule has 2 aliphatic heterocycles. The van der Waals surface area contributed by atoms with E-state index in [-0.39, 0.29) is 30.8 Å². The summed E-state index contributed by atoms with van der Waals surface area (Å²) in [7, 11) is 0. The molecular formula is C23H31NO5. The molecule has 0 radical (unpaired) electrons. The van der Waals surface area contributed by atoms with Crippen LogP contribution in [-0.4, -0.2) is 49.1 Å². The molecule has 1 aromatic carbocycles. The molecule has 0 aromatic heterocycles. The zero-order valence-corrected chi connectivity index (χ0v) is 17.3. The van der Waals surface area contributed by atoms with Crippen LogP contribution in [0.4, 0.5) is 4.79 Å². The summed E-state index contributed by atoms with van der Waals surface area (Å²) in [6, 6.07) is 9.60. The standard InChI is InChI=1S/C23H31NO5/c1-17(15-28-21-10-6-7-13-27-21)11-12-18(2)22(25)24-20(16-29-23(24)26)14-19-8-4-3-5-9-19/h3-5,8-9,11,18,20-21H,6-7,10,12-16H2,1-2H3/b17-11-/t18-,20-,21?/m0/s1. The fourth-order valence-electron chi connectivity index (χ4n) is 3.61. The van der Waals surface area contributed by atoms with Gasteiger partial charge in [-0.3, -0.25) is 4.79 Å². The fourth-order valence-corrected chi connectivity index (χ4v) is 3.61. The first-order chi connectivity index (χ1) is 14.0. The minimum Gasteiger partial charge on any atom is -0.447 e. The van der Waals surface area contributed by atoms with E-state index < -0.39 is 6.09 Å². The minimum atomic E-state index is -0.540. The number of benzene rings is 1. The van der Waals surface area contributed by atoms with Gasteiger partial charge >= 0.3 is 6.09 Å². The SMILES string of the molecule is C/C(=C/C[C@H](C)C(=O)N1C(=O)OC[C@@H]1Cc1ccccc1)COC1CCCCO1. The Morgan fingerprint density at radius 3 is 2.83 bits per heavy atom. The molecule has 0 bridgehead atoms. The van der Waals surface area contributed by atoms with Crippen LogP contribution in [0.5, 0.6) is 0 Å². The first-order valence-electron chi connectivity index (χ1n) is 10.5. The van der Waals surface area contributed by atoms with E-state index in [1.54, 1.807) is 0 Å². The summed E-state index contributed by atoms with van der Waals surface area (Å²) >= 11 is 0. The number of carbonyl (C=O) groups is 2. The van der Waals surface area contributed by atoms with E-state index in [1.165, 1.54) is 4.90 Å². The number of allylic oxidation sites excluding steroid dienone is 1. The number of rotatable bonds is 8. The van der Waals surface area contributed by atoms with Gasteiger partial charge in [-0.2, -0.15) is 0 Å². The molecular weight excluding hydrogens is 370 g/mol. The smallest absolute Gasteiger partial charge is 0.416 e. The summed E-state index contributed by atoms with van der Waals surface area (Å²) in [4.78, 5) is 26.4. The molecule has 2 heterocycles. The Morgan fingerprint density at radius 1 is 1.31 bits per heavy atom. The van der Waals surface area contributed by atoms with E-state index in [9.17, 15) is 9.59 Å². The summed E-state index contributed by atoms with van der Waals surface area (Å²) in [6.07, 6.45) is 5.68. The highest BCUT2D eigenvalue weighted by Crippen LogP contribution is 2.22. The zero-order chi connectivity index (χ0) is 20.6. The molecule has 3 atom stereocenters. The Morgan fingerprint density at radius 2 is 2.10 bits per heavy atom. The van der Waals surface area contributed by atoms with Crippen LogP contribution in [0.15, 0.2) is 42.0 Å². The van der Waals surface area contributed by atoms with Gasteiger partial charge in [-0.1, -0.05) is 48.9 Å². The average Bonchev–Trinajstić information content (AvgIpc) is 3.11. The first kappa shape index (κ1) is 21.5. The minimum absolute atomic E-state index is 0.121. The number of cyclic esters (lactones) is 1. The molecule has 2 aliphatic rings. The van der Waals surface area contributed by atoms with Crippen molar-refractivity contribution in [3.8, 4) is 0 Å². The molecule has 0 saturated carbocycles. The number of amides is 2. The van der Waals surface area contributed by atoms with Gasteiger partial charge < -0.3 is 14.2 Å². The highest BCUT2D eigenvalue weighted by atomic mass is 16.7. The maximum atomic E-state index is 12.9. The van der Waals surface area contributed by atoms with Gasteiger partial charge in [0.05, 0.1) is 12.6 Å². The third-order valence-corrected chi connectivity index (χ3v) is 5.39. The molecule has 1 aromatic rings. The van der Waals surface area contributed by atoms with E-state index in [4.69, 9.17) is 14.2 Å². The lowest BCUT2D eigenvalue weighted by atomic mass is 10.0. The van der Waals surface area contributed by atoms with Crippen molar-refractivity contribution >= 4 is 12.0 Å². The van der Waals surface area contributed by atoms with Crippen LogP contribution >= 0.6 is 0 Å². The molecule has 2 saturated heterocycles. The highest BCUT2D eigenvalue weighted by molar-refractivity contribution is 5.94. The summed E-state index contributed by atoms with van der Waals surface area (Å²) in [5.41, 5.74) is 2.14. The molecule has 158 valence electrons. The normalized spacial score (nSPS) is 23.7. The fraction of sp³-hybridized carbons (Fsp3) is 0.565. The Bertz CT molecular complexity index is 711. The Balaban J connectivity index is 1.51. The van der Waals surface area contributed by atoms with Gasteiger partial charge in [-0.25, -0.2) is 9.69 Å². The maximum Gasteiger partial charge on any atom is 0.416 e. The summed E-state index contributed by atoms with van der Waals surface area (Å²) in [5.74, 6) is -0.492. The van der Waals surface area contributed by atoms with Crippen molar-refractivity contribution in [3.05, 3.63) is 47.5 Å². The summed E-state index contributed by atoms with van der Waals surface area (Å²) in [6.45, 7) is 5.34. The van der Waals surface area contributed by atoms with E-state index in [0.717, 1.165) is 37.0 Å². The van der Waals surface area contributed by atoms with Crippen LogP contribution < -0.4 is 0 Å². The van der Waals surface area contributed by atoms with Gasteiger partial charge in [0, 0.05) is 12.5 Å². The topological polar surface area (TPSA) is 65.1 Å². The number of hydrogen-bond acceptors (Lipinski definition) is 5. The number of carbonyl (C=O) groups excluding carboxylic acids is 2. The third kappa shape index (κ3) is 6.15. The molecule has 0 spiro atoms. The van der Waals surface area contributed by atoms with Crippen molar-refractivity contribution in [2.75, 3.05) is 19.8 Å². The second kappa shape index (κ2) is 10.6. The summed E-state index contributed by atoms with van der Waals surface area (Å²) in [5, 5.41) is 0. The number of hydrogen-bond donors (Lipinski definition) is 0. The van der Waals surface area contributed by atoms with Gasteiger partial charge in [0.15, 0.2) is 6.29 Å². The lowest BCUT2D eigenvalue weighted by Crippen LogP contribution is -2.42. The molecule has 3 rings (SSSR count). The molecule has 0 N–H and O–H groups in total. The Labute approximate surface area is 172 Å². The summed E-state index contributed by atoms with van der Waals surface area (Å²) < 4.78 is 16.5. The molecule has 2 fully saturated rings. The predicted molar refractivity (Wildman–Crippen MR) is 109 cm³/mol. The van der Waals surface area contributed by atoms with E-state index >= 15 is 0 Å². The molecule has 2 amide bonds. The van der Waals surface area contributed by atoms with Crippen LogP contribution in [0.3, 0.4) is 0 Å².